The number of carbonyl (C=O) groups is 2. The van der Waals surface area contributed by atoms with Crippen molar-refractivity contribution in [1.29, 1.82) is 0 Å². The van der Waals surface area contributed by atoms with Crippen LogP contribution in [0.25, 0.3) is 0 Å². The average Bonchev–Trinajstić information content (AvgIpc) is 1.69. The van der Waals surface area contributed by atoms with Gasteiger partial charge in [-0.05, 0) is 70.6 Å². The van der Waals surface area contributed by atoms with E-state index in [9.17, 15) is 19.0 Å². The Bertz CT molecular complexity index is 1910. The van der Waals surface area contributed by atoms with Gasteiger partial charge in [-0.2, -0.15) is 0 Å². The summed E-state index contributed by atoms with van der Waals surface area (Å²) >= 11 is 0. The van der Waals surface area contributed by atoms with Crippen molar-refractivity contribution >= 4 is 19.8 Å². The SMILES string of the molecule is CC/C=C\C/C=C\C/C=C\C/C=C\C/C=C\C/C=C\C/C=C\CCCCCCCCCCCCCCCCCCCCCC(=O)OC(COC(=O)CCCCCCCCCCCCCCCCCCCCCCCCCCCCCCCCCC)COP(=O)([O-])OCC[N+](C)(C)C. The number of ether oxygens (including phenoxy) is 2. The highest BCUT2D eigenvalue weighted by molar-refractivity contribution is 7.45. The number of quaternary nitrogens is 1. The van der Waals surface area contributed by atoms with Crippen molar-refractivity contribution in [2.75, 3.05) is 47.5 Å². The van der Waals surface area contributed by atoms with Gasteiger partial charge in [-0.25, -0.2) is 0 Å². The molecule has 0 aromatic rings. The van der Waals surface area contributed by atoms with Crippen molar-refractivity contribution in [3.8, 4) is 0 Å². The first-order valence-corrected chi connectivity index (χ1v) is 43.3. The standard InChI is InChI=1S/C87H160NO8P/c1-6-8-10-12-14-16-18-20-22-24-26-28-30-32-34-36-38-40-41-42-43-44-45-46-47-48-50-52-54-56-58-60-62-64-66-68-70-72-74-76-78-80-87(90)96-85(84-95-97(91,92)94-82-81-88(3,4)5)83-93-86(89)79-77-75-73-71-69-67-65-63-61-59-57-55-53-51-49-39-37-35-33-31-29-27-25-23-21-19-17-15-13-11-9-7-2/h8,10,14,16,20,22,26,28,32,34,38,40,42-43,85H,6-7,9,11-13,15,17-19,21,23-25,27,29-31,33,35-37,39,41,44-84H2,1-5H3/b10-8-,16-14-,22-20-,28-26-,34-32-,40-38-,43-42-. The molecule has 97 heavy (non-hydrogen) atoms. The molecule has 0 aliphatic carbocycles. The van der Waals surface area contributed by atoms with Crippen molar-refractivity contribution in [2.24, 2.45) is 0 Å². The summed E-state index contributed by atoms with van der Waals surface area (Å²) in [6.45, 7) is 4.20. The number of carbonyl (C=O) groups excluding carboxylic acids is 2. The molecule has 2 atom stereocenters. The fourth-order valence-electron chi connectivity index (χ4n) is 12.4. The van der Waals surface area contributed by atoms with E-state index in [1.54, 1.807) is 0 Å². The van der Waals surface area contributed by atoms with E-state index < -0.39 is 26.5 Å². The summed E-state index contributed by atoms with van der Waals surface area (Å²) in [5.41, 5.74) is 0. The zero-order valence-corrected chi connectivity index (χ0v) is 65.7. The molecule has 9 nitrogen and oxygen atoms in total. The molecule has 0 saturated heterocycles. The van der Waals surface area contributed by atoms with Crippen molar-refractivity contribution in [3.05, 3.63) is 85.1 Å². The lowest BCUT2D eigenvalue weighted by atomic mass is 10.0. The van der Waals surface area contributed by atoms with Crippen LogP contribution in [0.15, 0.2) is 85.1 Å². The van der Waals surface area contributed by atoms with Crippen molar-refractivity contribution in [1.82, 2.24) is 0 Å². The van der Waals surface area contributed by atoms with Crippen LogP contribution in [0, 0.1) is 0 Å². The molecular formula is C87H160NO8P. The highest BCUT2D eigenvalue weighted by Crippen LogP contribution is 2.38. The first-order chi connectivity index (χ1) is 47.5. The molecule has 10 heteroatoms. The topological polar surface area (TPSA) is 111 Å². The van der Waals surface area contributed by atoms with Crippen LogP contribution >= 0.6 is 7.82 Å². The first kappa shape index (κ1) is 94.2. The smallest absolute Gasteiger partial charge is 0.306 e. The van der Waals surface area contributed by atoms with Crippen LogP contribution in [0.1, 0.15) is 406 Å². The summed E-state index contributed by atoms with van der Waals surface area (Å²) in [6, 6.07) is 0. The van der Waals surface area contributed by atoms with E-state index >= 15 is 0 Å². The third-order valence-electron chi connectivity index (χ3n) is 18.7. The predicted molar refractivity (Wildman–Crippen MR) is 420 cm³/mol. The number of esters is 2. The number of likely N-dealkylation sites (N-methyl/N-ethyl adjacent to an activating group) is 1. The Hall–Kier alpha value is -2.81. The van der Waals surface area contributed by atoms with Crippen LogP contribution in [0.5, 0.6) is 0 Å². The highest BCUT2D eigenvalue weighted by atomic mass is 31.2. The Labute approximate surface area is 602 Å². The quantitative estimate of drug-likeness (QED) is 0.0195. The Morgan fingerprint density at radius 2 is 0.588 bits per heavy atom. The van der Waals surface area contributed by atoms with Gasteiger partial charge in [0.15, 0.2) is 6.10 Å². The second-order valence-corrected chi connectivity index (χ2v) is 30.9. The molecule has 0 aromatic carbocycles. The van der Waals surface area contributed by atoms with Gasteiger partial charge in [0.2, 0.25) is 0 Å². The minimum atomic E-state index is -4.65. The van der Waals surface area contributed by atoms with Crippen LogP contribution < -0.4 is 4.89 Å². The van der Waals surface area contributed by atoms with Gasteiger partial charge >= 0.3 is 11.9 Å². The number of hydrogen-bond acceptors (Lipinski definition) is 8. The second kappa shape index (κ2) is 77.4. The predicted octanol–water partition coefficient (Wildman–Crippen LogP) is 27.4. The molecule has 0 amide bonds. The van der Waals surface area contributed by atoms with Gasteiger partial charge in [-0.1, -0.05) is 407 Å². The van der Waals surface area contributed by atoms with E-state index in [1.165, 1.54) is 289 Å². The summed E-state index contributed by atoms with van der Waals surface area (Å²) < 4.78 is 34.5. The summed E-state index contributed by atoms with van der Waals surface area (Å²) in [5, 5.41) is 0. The van der Waals surface area contributed by atoms with Crippen LogP contribution in [0.4, 0.5) is 0 Å². The Balaban J connectivity index is 3.91. The molecule has 0 saturated carbocycles. The molecule has 0 rings (SSSR count). The van der Waals surface area contributed by atoms with Gasteiger partial charge in [-0.15, -0.1) is 0 Å². The maximum absolute atomic E-state index is 12.9. The highest BCUT2D eigenvalue weighted by Gasteiger charge is 2.22. The first-order valence-electron chi connectivity index (χ1n) is 41.8. The molecule has 2 unspecified atom stereocenters. The summed E-state index contributed by atoms with van der Waals surface area (Å²) in [7, 11) is 1.18. The van der Waals surface area contributed by atoms with E-state index in [-0.39, 0.29) is 32.0 Å². The molecular weight excluding hydrogens is 1220 g/mol. The van der Waals surface area contributed by atoms with Gasteiger partial charge < -0.3 is 27.9 Å². The number of phosphoric ester groups is 1. The number of phosphoric acid groups is 1. The van der Waals surface area contributed by atoms with Gasteiger partial charge in [0.05, 0.1) is 27.7 Å². The summed E-state index contributed by atoms with van der Waals surface area (Å²) in [4.78, 5) is 38.2. The van der Waals surface area contributed by atoms with Gasteiger partial charge in [0, 0.05) is 12.8 Å². The molecule has 0 fully saturated rings. The number of allylic oxidation sites excluding steroid dienone is 14. The van der Waals surface area contributed by atoms with E-state index in [1.807, 2.05) is 21.1 Å². The van der Waals surface area contributed by atoms with Crippen LogP contribution in [0.2, 0.25) is 0 Å². The zero-order valence-electron chi connectivity index (χ0n) is 64.8. The minimum absolute atomic E-state index is 0.0294. The fourth-order valence-corrected chi connectivity index (χ4v) is 13.1. The van der Waals surface area contributed by atoms with E-state index in [0.717, 1.165) is 83.5 Å². The van der Waals surface area contributed by atoms with Crippen molar-refractivity contribution in [3.63, 3.8) is 0 Å². The molecule has 0 bridgehead atoms. The molecule has 0 aliphatic rings. The Morgan fingerprint density at radius 3 is 0.876 bits per heavy atom. The van der Waals surface area contributed by atoms with Gasteiger partial charge in [0.1, 0.15) is 19.8 Å². The lowest BCUT2D eigenvalue weighted by Crippen LogP contribution is -2.37. The molecule has 566 valence electrons. The normalized spacial score (nSPS) is 13.4. The molecule has 0 spiro atoms. The van der Waals surface area contributed by atoms with E-state index in [2.05, 4.69) is 98.9 Å². The van der Waals surface area contributed by atoms with Crippen LogP contribution in [-0.4, -0.2) is 70.0 Å². The molecule has 0 aromatic heterocycles. The lowest BCUT2D eigenvalue weighted by molar-refractivity contribution is -0.870. The monoisotopic (exact) mass is 1380 g/mol. The largest absolute Gasteiger partial charge is 0.756 e. The van der Waals surface area contributed by atoms with E-state index in [4.69, 9.17) is 18.5 Å². The minimum Gasteiger partial charge on any atom is -0.756 e. The number of rotatable bonds is 78. The Morgan fingerprint density at radius 1 is 0.330 bits per heavy atom. The van der Waals surface area contributed by atoms with Gasteiger partial charge in [0.25, 0.3) is 7.82 Å². The maximum atomic E-state index is 12.9. The molecule has 0 heterocycles. The molecule has 0 aliphatic heterocycles. The van der Waals surface area contributed by atoms with Gasteiger partial charge in [-0.3, -0.25) is 14.2 Å². The van der Waals surface area contributed by atoms with Crippen LogP contribution in [0.3, 0.4) is 0 Å². The fraction of sp³-hybridized carbons (Fsp3) is 0.816. The van der Waals surface area contributed by atoms with E-state index in [0.29, 0.717) is 17.4 Å². The van der Waals surface area contributed by atoms with Crippen molar-refractivity contribution < 1.29 is 42.1 Å². The molecule has 0 radical (unpaired) electrons. The summed E-state index contributed by atoms with van der Waals surface area (Å²) in [6.07, 6.45) is 107. The third-order valence-corrected chi connectivity index (χ3v) is 19.6. The number of unbranched alkanes of at least 4 members (excludes halogenated alkanes) is 50. The zero-order chi connectivity index (χ0) is 70.4. The Kier molecular flexibility index (Phi) is 75.1. The third kappa shape index (κ3) is 82.0. The maximum Gasteiger partial charge on any atom is 0.306 e. The number of hydrogen-bond donors (Lipinski definition) is 0. The van der Waals surface area contributed by atoms with Crippen molar-refractivity contribution in [2.45, 2.75) is 412 Å². The average molecular weight is 1380 g/mol. The number of nitrogens with zero attached hydrogens (tertiary/aromatic N) is 1. The lowest BCUT2D eigenvalue weighted by Gasteiger charge is -2.28. The second-order valence-electron chi connectivity index (χ2n) is 29.5. The summed E-state index contributed by atoms with van der Waals surface area (Å²) in [5.74, 6) is -0.811. The van der Waals surface area contributed by atoms with Crippen LogP contribution in [-0.2, 0) is 32.7 Å². The molecule has 0 N–H and O–H groups in total.